The van der Waals surface area contributed by atoms with Gasteiger partial charge in [0.05, 0.1) is 42.9 Å². The second kappa shape index (κ2) is 4.74. The Bertz CT molecular complexity index is 676. The monoisotopic (exact) mass is 313 g/mol. The van der Waals surface area contributed by atoms with Crippen LogP contribution in [0.15, 0.2) is 36.4 Å². The maximum absolute atomic E-state index is 12.7. The zero-order valence-electron chi connectivity index (χ0n) is 12.3. The van der Waals surface area contributed by atoms with Crippen LogP contribution in [-0.2, 0) is 23.8 Å². The van der Waals surface area contributed by atoms with Crippen LogP contribution in [0.25, 0.3) is 0 Å². The summed E-state index contributed by atoms with van der Waals surface area (Å²) in [5.74, 6) is -1.09. The summed E-state index contributed by atoms with van der Waals surface area (Å²) in [4.78, 5) is 26.6. The Morgan fingerprint density at radius 2 is 1.43 bits per heavy atom. The first-order chi connectivity index (χ1) is 11.2. The minimum atomic E-state index is -0.376. The highest BCUT2D eigenvalue weighted by Gasteiger charge is 2.60. The van der Waals surface area contributed by atoms with Gasteiger partial charge in [0.25, 0.3) is 0 Å². The third-order valence-electron chi connectivity index (χ3n) is 4.96. The predicted octanol–water partition coefficient (Wildman–Crippen LogP) is 1.17. The van der Waals surface area contributed by atoms with E-state index in [2.05, 4.69) is 0 Å². The highest BCUT2D eigenvalue weighted by atomic mass is 16.7. The Labute approximate surface area is 132 Å². The van der Waals surface area contributed by atoms with Crippen LogP contribution in [0, 0.1) is 11.8 Å². The van der Waals surface area contributed by atoms with Crippen molar-refractivity contribution in [3.05, 3.63) is 42.0 Å². The molecule has 4 atom stereocenters. The minimum Gasteiger partial charge on any atom is -0.365 e. The summed E-state index contributed by atoms with van der Waals surface area (Å²) in [5, 5.41) is 0. The van der Waals surface area contributed by atoms with Gasteiger partial charge in [-0.25, -0.2) is 4.90 Å². The molecule has 0 saturated carbocycles. The number of amides is 2. The van der Waals surface area contributed by atoms with E-state index in [1.54, 1.807) is 12.1 Å². The molecule has 4 heterocycles. The van der Waals surface area contributed by atoms with Gasteiger partial charge in [0, 0.05) is 5.56 Å². The van der Waals surface area contributed by atoms with Crippen LogP contribution in [0.5, 0.6) is 0 Å². The second-order valence-electron chi connectivity index (χ2n) is 6.18. The zero-order valence-corrected chi connectivity index (χ0v) is 12.3. The fourth-order valence-electron chi connectivity index (χ4n) is 3.89. The van der Waals surface area contributed by atoms with Crippen molar-refractivity contribution >= 4 is 17.5 Å². The van der Waals surface area contributed by atoms with E-state index in [4.69, 9.17) is 14.2 Å². The van der Waals surface area contributed by atoms with Gasteiger partial charge in [0.2, 0.25) is 11.8 Å². The maximum Gasteiger partial charge on any atom is 0.240 e. The number of ether oxygens (including phenoxy) is 3. The van der Waals surface area contributed by atoms with Crippen molar-refractivity contribution in [1.29, 1.82) is 0 Å². The Hall–Kier alpha value is -2.02. The number of fused-ring (bicyclic) bond motifs is 5. The van der Waals surface area contributed by atoms with Crippen LogP contribution in [0.3, 0.4) is 0 Å². The molecule has 6 nitrogen and oxygen atoms in total. The van der Waals surface area contributed by atoms with Gasteiger partial charge in [-0.2, -0.15) is 0 Å². The summed E-state index contributed by atoms with van der Waals surface area (Å²) in [5.41, 5.74) is 1.48. The summed E-state index contributed by atoms with van der Waals surface area (Å²) >= 11 is 0. The third-order valence-corrected chi connectivity index (χ3v) is 4.96. The molecule has 4 unspecified atom stereocenters. The summed E-state index contributed by atoms with van der Waals surface area (Å²) in [6.45, 7) is 1.16. The summed E-state index contributed by atoms with van der Waals surface area (Å²) in [6.07, 6.45) is 2.90. The van der Waals surface area contributed by atoms with Gasteiger partial charge in [-0.1, -0.05) is 24.3 Å². The average molecular weight is 313 g/mol. The van der Waals surface area contributed by atoms with E-state index in [0.717, 1.165) is 5.56 Å². The average Bonchev–Trinajstić information content (AvgIpc) is 3.33. The minimum absolute atomic E-state index is 0.169. The molecule has 0 spiro atoms. The first kappa shape index (κ1) is 13.4. The van der Waals surface area contributed by atoms with E-state index >= 15 is 0 Å². The van der Waals surface area contributed by atoms with Crippen LogP contribution in [0.2, 0.25) is 0 Å². The number of hydrogen-bond acceptors (Lipinski definition) is 5. The molecule has 3 saturated heterocycles. The van der Waals surface area contributed by atoms with E-state index in [-0.39, 0.29) is 42.1 Å². The van der Waals surface area contributed by atoms with Gasteiger partial charge >= 0.3 is 0 Å². The van der Waals surface area contributed by atoms with Crippen molar-refractivity contribution < 1.29 is 23.8 Å². The lowest BCUT2D eigenvalue weighted by atomic mass is 9.85. The van der Waals surface area contributed by atoms with Gasteiger partial charge in [0.1, 0.15) is 0 Å². The normalized spacial score (nSPS) is 35.6. The van der Waals surface area contributed by atoms with Crippen molar-refractivity contribution in [2.75, 3.05) is 18.1 Å². The van der Waals surface area contributed by atoms with Crippen LogP contribution >= 0.6 is 0 Å². The lowest BCUT2D eigenvalue weighted by molar-refractivity contribution is -0.124. The smallest absolute Gasteiger partial charge is 0.240 e. The number of rotatable bonds is 2. The zero-order chi connectivity index (χ0) is 15.6. The molecule has 4 aliphatic rings. The number of carbonyl (C=O) groups excluding carboxylic acids is 2. The summed E-state index contributed by atoms with van der Waals surface area (Å²) in [7, 11) is 0. The number of carbonyl (C=O) groups is 2. The first-order valence-corrected chi connectivity index (χ1v) is 7.79. The standard InChI is InChI=1S/C17H15NO5/c19-15-13-11-5-6-12(23-11)14(13)16(20)18(15)10-3-1-9(2-4-10)17-21-7-8-22-17/h1-6,11-14,17H,7-8H2. The van der Waals surface area contributed by atoms with Crippen LogP contribution in [0.1, 0.15) is 11.9 Å². The van der Waals surface area contributed by atoms with E-state index in [1.807, 2.05) is 24.3 Å². The first-order valence-electron chi connectivity index (χ1n) is 7.79. The van der Waals surface area contributed by atoms with Crippen molar-refractivity contribution in [2.24, 2.45) is 11.8 Å². The van der Waals surface area contributed by atoms with Crippen molar-refractivity contribution in [1.82, 2.24) is 0 Å². The molecular weight excluding hydrogens is 298 g/mol. The largest absolute Gasteiger partial charge is 0.365 e. The predicted molar refractivity (Wildman–Crippen MR) is 78.4 cm³/mol. The molecule has 0 radical (unpaired) electrons. The Morgan fingerprint density at radius 1 is 0.870 bits per heavy atom. The number of anilines is 1. The summed E-state index contributed by atoms with van der Waals surface area (Å²) < 4.78 is 16.5. The SMILES string of the molecule is O=C1C2C3C=CC(O3)C2C(=O)N1c1ccc(C2OCCO2)cc1. The topological polar surface area (TPSA) is 65.1 Å². The van der Waals surface area contributed by atoms with Gasteiger partial charge in [-0.05, 0) is 12.1 Å². The van der Waals surface area contributed by atoms with Crippen LogP contribution < -0.4 is 4.90 Å². The molecule has 0 aliphatic carbocycles. The number of imide groups is 1. The molecule has 0 aromatic heterocycles. The lowest BCUT2D eigenvalue weighted by Crippen LogP contribution is -2.34. The Kier molecular flexibility index (Phi) is 2.76. The van der Waals surface area contributed by atoms with E-state index in [0.29, 0.717) is 18.9 Å². The molecule has 3 fully saturated rings. The second-order valence-corrected chi connectivity index (χ2v) is 6.18. The number of hydrogen-bond donors (Lipinski definition) is 0. The summed E-state index contributed by atoms with van der Waals surface area (Å²) in [6, 6.07) is 7.22. The molecule has 2 amide bonds. The third kappa shape index (κ3) is 1.80. The quantitative estimate of drug-likeness (QED) is 0.606. The van der Waals surface area contributed by atoms with E-state index < -0.39 is 0 Å². The molecule has 4 aliphatic heterocycles. The van der Waals surface area contributed by atoms with Gasteiger partial charge in [-0.3, -0.25) is 9.59 Å². The van der Waals surface area contributed by atoms with Crippen LogP contribution in [0.4, 0.5) is 5.69 Å². The molecule has 0 N–H and O–H groups in total. The fourth-order valence-corrected chi connectivity index (χ4v) is 3.89. The van der Waals surface area contributed by atoms with Crippen LogP contribution in [-0.4, -0.2) is 37.2 Å². The molecule has 23 heavy (non-hydrogen) atoms. The van der Waals surface area contributed by atoms with Gasteiger partial charge < -0.3 is 14.2 Å². The highest BCUT2D eigenvalue weighted by molar-refractivity contribution is 6.23. The molecule has 1 aromatic carbocycles. The molecule has 5 rings (SSSR count). The number of nitrogens with zero attached hydrogens (tertiary/aromatic N) is 1. The highest BCUT2D eigenvalue weighted by Crippen LogP contribution is 2.46. The molecule has 118 valence electrons. The van der Waals surface area contributed by atoms with Gasteiger partial charge in [0.15, 0.2) is 6.29 Å². The van der Waals surface area contributed by atoms with E-state index in [1.165, 1.54) is 4.90 Å². The van der Waals surface area contributed by atoms with Crippen molar-refractivity contribution in [3.8, 4) is 0 Å². The number of benzene rings is 1. The molecule has 2 bridgehead atoms. The van der Waals surface area contributed by atoms with Gasteiger partial charge in [-0.15, -0.1) is 0 Å². The Balaban J connectivity index is 1.44. The molecule has 6 heteroatoms. The molecular formula is C17H15NO5. The van der Waals surface area contributed by atoms with E-state index in [9.17, 15) is 9.59 Å². The Morgan fingerprint density at radius 3 is 2.00 bits per heavy atom. The van der Waals surface area contributed by atoms with Crippen molar-refractivity contribution in [2.45, 2.75) is 18.5 Å². The fraction of sp³-hybridized carbons (Fsp3) is 0.412. The lowest BCUT2D eigenvalue weighted by Gasteiger charge is -2.18. The molecule has 1 aromatic rings. The maximum atomic E-state index is 12.7. The van der Waals surface area contributed by atoms with Crippen molar-refractivity contribution in [3.63, 3.8) is 0 Å².